The number of carbonyl (C=O) groups excluding carboxylic acids is 1. The van der Waals surface area contributed by atoms with Crippen LogP contribution in [-0.2, 0) is 0 Å². The van der Waals surface area contributed by atoms with E-state index in [1.165, 1.54) is 11.3 Å². The van der Waals surface area contributed by atoms with Crippen molar-refractivity contribution in [2.45, 2.75) is 18.9 Å². The lowest BCUT2D eigenvalue weighted by molar-refractivity contribution is 0.0685. The molecule has 1 aliphatic rings. The van der Waals surface area contributed by atoms with E-state index >= 15 is 0 Å². The van der Waals surface area contributed by atoms with Gasteiger partial charge in [-0.3, -0.25) is 4.79 Å². The highest BCUT2D eigenvalue weighted by molar-refractivity contribution is 7.12. The van der Waals surface area contributed by atoms with E-state index < -0.39 is 0 Å². The third-order valence-electron chi connectivity index (χ3n) is 4.57. The molecule has 0 unspecified atom stereocenters. The highest BCUT2D eigenvalue weighted by atomic mass is 32.1. The number of imidazole rings is 1. The summed E-state index contributed by atoms with van der Waals surface area (Å²) in [7, 11) is 0. The van der Waals surface area contributed by atoms with Gasteiger partial charge in [0.1, 0.15) is 0 Å². The minimum Gasteiger partial charge on any atom is -0.336 e. The molecule has 3 heterocycles. The summed E-state index contributed by atoms with van der Waals surface area (Å²) in [4.78, 5) is 20.0. The number of carbonyl (C=O) groups is 1. The second-order valence-electron chi connectivity index (χ2n) is 6.09. The van der Waals surface area contributed by atoms with Crippen LogP contribution in [0.25, 0.3) is 11.1 Å². The van der Waals surface area contributed by atoms with Crippen molar-refractivity contribution in [1.29, 1.82) is 0 Å². The lowest BCUT2D eigenvalue weighted by Gasteiger charge is -2.33. The molecule has 1 aliphatic heterocycles. The van der Waals surface area contributed by atoms with E-state index in [9.17, 15) is 4.79 Å². The number of hydrogen-bond donors (Lipinski definition) is 0. The number of piperidine rings is 1. The largest absolute Gasteiger partial charge is 0.336 e. The van der Waals surface area contributed by atoms with Crippen molar-refractivity contribution in [2.24, 2.45) is 0 Å². The Bertz CT molecular complexity index is 810. The monoisotopic (exact) mass is 337 g/mol. The van der Waals surface area contributed by atoms with E-state index in [0.717, 1.165) is 41.9 Å². The lowest BCUT2D eigenvalue weighted by atomic mass is 10.0. The molecule has 4 nitrogen and oxygen atoms in total. The Morgan fingerprint density at radius 2 is 2.08 bits per heavy atom. The number of benzene rings is 1. The van der Waals surface area contributed by atoms with Crippen LogP contribution in [0.2, 0.25) is 0 Å². The van der Waals surface area contributed by atoms with Crippen LogP contribution >= 0.6 is 11.3 Å². The van der Waals surface area contributed by atoms with Gasteiger partial charge < -0.3 is 9.47 Å². The summed E-state index contributed by atoms with van der Waals surface area (Å²) in [6.45, 7) is 1.58. The molecule has 1 fully saturated rings. The van der Waals surface area contributed by atoms with Crippen molar-refractivity contribution >= 4 is 17.2 Å². The Morgan fingerprint density at radius 3 is 2.88 bits per heavy atom. The van der Waals surface area contributed by atoms with E-state index in [0.29, 0.717) is 6.04 Å². The molecule has 0 spiro atoms. The molecule has 0 N–H and O–H groups in total. The van der Waals surface area contributed by atoms with Crippen molar-refractivity contribution in [3.05, 3.63) is 65.4 Å². The van der Waals surface area contributed by atoms with Crippen LogP contribution in [0.5, 0.6) is 0 Å². The number of aromatic nitrogens is 2. The molecule has 0 radical (unpaired) electrons. The Hall–Kier alpha value is -2.40. The first kappa shape index (κ1) is 15.1. The fourth-order valence-corrected chi connectivity index (χ4v) is 4.21. The number of rotatable bonds is 3. The van der Waals surface area contributed by atoms with Crippen molar-refractivity contribution in [3.63, 3.8) is 0 Å². The lowest BCUT2D eigenvalue weighted by Crippen LogP contribution is -2.40. The molecule has 0 bridgehead atoms. The molecular formula is C19H19N3OS. The maximum Gasteiger partial charge on any atom is 0.264 e. The normalized spacial score (nSPS) is 17.8. The summed E-state index contributed by atoms with van der Waals surface area (Å²) < 4.78 is 2.12. The van der Waals surface area contributed by atoms with Crippen LogP contribution < -0.4 is 0 Å². The Morgan fingerprint density at radius 1 is 1.21 bits per heavy atom. The minimum absolute atomic E-state index is 0.147. The van der Waals surface area contributed by atoms with Crippen LogP contribution in [0.15, 0.2) is 60.5 Å². The highest BCUT2D eigenvalue weighted by Crippen LogP contribution is 2.31. The van der Waals surface area contributed by atoms with Gasteiger partial charge >= 0.3 is 0 Å². The Kier molecular flexibility index (Phi) is 4.17. The summed E-state index contributed by atoms with van der Waals surface area (Å²) in [5, 5.41) is 2.01. The Balaban J connectivity index is 1.57. The van der Waals surface area contributed by atoms with Crippen molar-refractivity contribution in [3.8, 4) is 11.1 Å². The number of thiophene rings is 1. The average Bonchev–Trinajstić information content (AvgIpc) is 3.34. The van der Waals surface area contributed by atoms with E-state index in [4.69, 9.17) is 0 Å². The molecule has 1 amide bonds. The molecule has 3 aromatic rings. The zero-order valence-corrected chi connectivity index (χ0v) is 14.2. The van der Waals surface area contributed by atoms with Gasteiger partial charge in [0.25, 0.3) is 5.91 Å². The molecule has 122 valence electrons. The van der Waals surface area contributed by atoms with Crippen LogP contribution in [-0.4, -0.2) is 33.4 Å². The maximum absolute atomic E-state index is 13.1. The summed E-state index contributed by atoms with van der Waals surface area (Å²) in [6, 6.07) is 12.5. The number of nitrogens with zero attached hydrogens (tertiary/aromatic N) is 3. The summed E-state index contributed by atoms with van der Waals surface area (Å²) in [5.41, 5.74) is 2.14. The van der Waals surface area contributed by atoms with E-state index in [-0.39, 0.29) is 5.91 Å². The fraction of sp³-hybridized carbons (Fsp3) is 0.263. The standard InChI is InChI=1S/C19H19N3OS/c23-19(18-17(8-12-24-18)15-5-2-1-3-6-15)21-10-4-7-16(13-21)22-11-9-20-14-22/h1-3,5-6,8-9,11-12,14,16H,4,7,10,13H2/t16-/m0/s1. The summed E-state index contributed by atoms with van der Waals surface area (Å²) >= 11 is 1.53. The quantitative estimate of drug-likeness (QED) is 0.722. The van der Waals surface area contributed by atoms with Gasteiger partial charge in [0, 0.05) is 31.0 Å². The molecular weight excluding hydrogens is 318 g/mol. The van der Waals surface area contributed by atoms with Gasteiger partial charge in [0.15, 0.2) is 0 Å². The first-order valence-electron chi connectivity index (χ1n) is 8.22. The highest BCUT2D eigenvalue weighted by Gasteiger charge is 2.27. The number of likely N-dealkylation sites (tertiary alicyclic amines) is 1. The second-order valence-corrected chi connectivity index (χ2v) is 7.00. The summed E-state index contributed by atoms with van der Waals surface area (Å²) in [6.07, 6.45) is 7.75. The molecule has 1 atom stereocenters. The first-order valence-corrected chi connectivity index (χ1v) is 9.10. The number of hydrogen-bond acceptors (Lipinski definition) is 3. The molecule has 1 aromatic carbocycles. The molecule has 24 heavy (non-hydrogen) atoms. The smallest absolute Gasteiger partial charge is 0.264 e. The van der Waals surface area contributed by atoms with Gasteiger partial charge in [-0.15, -0.1) is 11.3 Å². The molecule has 1 saturated heterocycles. The molecule has 5 heteroatoms. The predicted octanol–water partition coefficient (Wildman–Crippen LogP) is 4.09. The van der Waals surface area contributed by atoms with E-state index in [1.807, 2.05) is 47.1 Å². The van der Waals surface area contributed by atoms with Gasteiger partial charge in [-0.1, -0.05) is 30.3 Å². The molecule has 4 rings (SSSR count). The van der Waals surface area contributed by atoms with Gasteiger partial charge in [-0.25, -0.2) is 4.98 Å². The van der Waals surface area contributed by atoms with Gasteiger partial charge in [-0.2, -0.15) is 0 Å². The van der Waals surface area contributed by atoms with E-state index in [1.54, 1.807) is 6.20 Å². The topological polar surface area (TPSA) is 38.1 Å². The van der Waals surface area contributed by atoms with Gasteiger partial charge in [0.2, 0.25) is 0 Å². The fourth-order valence-electron chi connectivity index (χ4n) is 3.33. The van der Waals surface area contributed by atoms with Crippen LogP contribution in [0.1, 0.15) is 28.6 Å². The predicted molar refractivity (Wildman–Crippen MR) is 96.2 cm³/mol. The van der Waals surface area contributed by atoms with Gasteiger partial charge in [-0.05, 0) is 29.9 Å². The zero-order chi connectivity index (χ0) is 16.4. The zero-order valence-electron chi connectivity index (χ0n) is 13.3. The molecule has 0 saturated carbocycles. The molecule has 2 aromatic heterocycles. The van der Waals surface area contributed by atoms with Crippen LogP contribution in [0.4, 0.5) is 0 Å². The second kappa shape index (κ2) is 6.61. The Labute approximate surface area is 145 Å². The SMILES string of the molecule is O=C(c1sccc1-c1ccccc1)N1CCC[C@H](n2ccnc2)C1. The van der Waals surface area contributed by atoms with Crippen molar-refractivity contribution in [1.82, 2.24) is 14.5 Å². The minimum atomic E-state index is 0.147. The van der Waals surface area contributed by atoms with Crippen molar-refractivity contribution < 1.29 is 4.79 Å². The van der Waals surface area contributed by atoms with Crippen LogP contribution in [0, 0.1) is 0 Å². The first-order chi connectivity index (χ1) is 11.8. The maximum atomic E-state index is 13.1. The van der Waals surface area contributed by atoms with Gasteiger partial charge in [0.05, 0.1) is 17.2 Å². The van der Waals surface area contributed by atoms with Crippen molar-refractivity contribution in [2.75, 3.05) is 13.1 Å². The van der Waals surface area contributed by atoms with Crippen LogP contribution in [0.3, 0.4) is 0 Å². The molecule has 0 aliphatic carbocycles. The summed E-state index contributed by atoms with van der Waals surface area (Å²) in [5.74, 6) is 0.147. The third-order valence-corrected chi connectivity index (χ3v) is 5.48. The number of amides is 1. The third kappa shape index (κ3) is 2.87. The average molecular weight is 337 g/mol. The van der Waals surface area contributed by atoms with E-state index in [2.05, 4.69) is 21.7 Å².